The molecule has 0 spiro atoms. The number of amides is 2. The van der Waals surface area contributed by atoms with Gasteiger partial charge in [-0.2, -0.15) is 0 Å². The number of benzene rings is 1. The largest absolute Gasteiger partial charge is 0.486 e. The molecular formula is C13H13NO4S. The third-order valence-electron chi connectivity index (χ3n) is 2.55. The number of ketones is 1. The van der Waals surface area contributed by atoms with Crippen LogP contribution in [0.2, 0.25) is 0 Å². The fourth-order valence-electron chi connectivity index (χ4n) is 1.59. The Labute approximate surface area is 114 Å². The van der Waals surface area contributed by atoms with Gasteiger partial charge in [0.15, 0.2) is 5.78 Å². The number of carbonyl (C=O) groups excluding carboxylic acids is 3. The summed E-state index contributed by atoms with van der Waals surface area (Å²) < 4.78 is 5.23. The summed E-state index contributed by atoms with van der Waals surface area (Å²) in [5.41, 5.74) is 0.847. The quantitative estimate of drug-likeness (QED) is 0.823. The number of Topliss-reactive ketones (excluding diaryl/α,β-unsaturated/α-hetero) is 1. The molecule has 0 N–H and O–H groups in total. The molecule has 100 valence electrons. The number of ether oxygens (including phenoxy) is 1. The van der Waals surface area contributed by atoms with Gasteiger partial charge in [0.2, 0.25) is 5.91 Å². The molecule has 2 amide bonds. The van der Waals surface area contributed by atoms with E-state index in [0.717, 1.165) is 17.3 Å². The van der Waals surface area contributed by atoms with E-state index in [1.165, 1.54) is 11.8 Å². The van der Waals surface area contributed by atoms with Gasteiger partial charge < -0.3 is 4.74 Å². The molecule has 1 heterocycles. The Kier molecular flexibility index (Phi) is 4.21. The van der Waals surface area contributed by atoms with Gasteiger partial charge in [-0.3, -0.25) is 19.3 Å². The average molecular weight is 279 g/mol. The second-order valence-electron chi connectivity index (χ2n) is 4.17. The van der Waals surface area contributed by atoms with Gasteiger partial charge in [-0.15, -0.1) is 0 Å². The zero-order valence-electron chi connectivity index (χ0n) is 10.4. The van der Waals surface area contributed by atoms with Crippen molar-refractivity contribution >= 4 is 28.7 Å². The predicted molar refractivity (Wildman–Crippen MR) is 71.0 cm³/mol. The van der Waals surface area contributed by atoms with Crippen molar-refractivity contribution in [2.75, 3.05) is 12.4 Å². The van der Waals surface area contributed by atoms with Crippen molar-refractivity contribution in [3.63, 3.8) is 0 Å². The van der Waals surface area contributed by atoms with E-state index in [1.807, 2.05) is 0 Å². The zero-order chi connectivity index (χ0) is 13.8. The smallest absolute Gasteiger partial charge is 0.289 e. The van der Waals surface area contributed by atoms with E-state index in [9.17, 15) is 14.4 Å². The molecule has 1 saturated heterocycles. The van der Waals surface area contributed by atoms with Gasteiger partial charge in [0, 0.05) is 0 Å². The first-order chi connectivity index (χ1) is 9.06. The molecule has 0 aliphatic carbocycles. The van der Waals surface area contributed by atoms with Crippen molar-refractivity contribution in [2.24, 2.45) is 0 Å². The lowest BCUT2D eigenvalue weighted by atomic mass is 10.2. The maximum atomic E-state index is 11.5. The minimum atomic E-state index is -0.207. The lowest BCUT2D eigenvalue weighted by Crippen LogP contribution is -2.27. The average Bonchev–Trinajstić information content (AvgIpc) is 2.70. The van der Waals surface area contributed by atoms with Crippen LogP contribution in [0.4, 0.5) is 4.79 Å². The maximum Gasteiger partial charge on any atom is 0.289 e. The Morgan fingerprint density at radius 1 is 1.32 bits per heavy atom. The molecule has 2 rings (SSSR count). The summed E-state index contributed by atoms with van der Waals surface area (Å²) in [6, 6.07) is 6.99. The Balaban J connectivity index is 1.97. The molecule has 0 radical (unpaired) electrons. The number of hydrogen-bond donors (Lipinski definition) is 0. The van der Waals surface area contributed by atoms with Gasteiger partial charge >= 0.3 is 0 Å². The first-order valence-electron chi connectivity index (χ1n) is 5.74. The Morgan fingerprint density at radius 2 is 2.00 bits per heavy atom. The fourth-order valence-corrected chi connectivity index (χ4v) is 2.32. The van der Waals surface area contributed by atoms with E-state index in [2.05, 4.69) is 0 Å². The van der Waals surface area contributed by atoms with Crippen LogP contribution in [0, 0.1) is 0 Å². The minimum Gasteiger partial charge on any atom is -0.486 e. The molecule has 1 aromatic rings. The first-order valence-corrected chi connectivity index (χ1v) is 6.73. The summed E-state index contributed by atoms with van der Waals surface area (Å²) in [5.74, 6) is 0.604. The Morgan fingerprint density at radius 3 is 2.53 bits per heavy atom. The number of rotatable bonds is 5. The molecule has 1 aliphatic heterocycles. The molecule has 1 aliphatic rings. The lowest BCUT2D eigenvalue weighted by Gasteiger charge is -2.13. The third-order valence-corrected chi connectivity index (χ3v) is 3.41. The molecule has 0 aromatic heterocycles. The van der Waals surface area contributed by atoms with E-state index >= 15 is 0 Å². The SMILES string of the molecule is CC(=O)COc1ccc(CN2C(=O)CSC2=O)cc1. The van der Waals surface area contributed by atoms with Gasteiger partial charge in [-0.1, -0.05) is 23.9 Å². The first kappa shape index (κ1) is 13.6. The molecule has 0 bridgehead atoms. The van der Waals surface area contributed by atoms with Gasteiger partial charge in [-0.25, -0.2) is 0 Å². The van der Waals surface area contributed by atoms with Gasteiger partial charge in [0.1, 0.15) is 12.4 Å². The van der Waals surface area contributed by atoms with Crippen molar-refractivity contribution in [3.05, 3.63) is 29.8 Å². The van der Waals surface area contributed by atoms with Crippen molar-refractivity contribution in [2.45, 2.75) is 13.5 Å². The van der Waals surface area contributed by atoms with Crippen molar-refractivity contribution in [1.29, 1.82) is 0 Å². The summed E-state index contributed by atoms with van der Waals surface area (Å²) in [6.07, 6.45) is 0. The number of hydrogen-bond acceptors (Lipinski definition) is 5. The second kappa shape index (κ2) is 5.88. The predicted octanol–water partition coefficient (Wildman–Crippen LogP) is 1.85. The molecule has 5 nitrogen and oxygen atoms in total. The van der Waals surface area contributed by atoms with E-state index in [0.29, 0.717) is 5.75 Å². The highest BCUT2D eigenvalue weighted by Gasteiger charge is 2.29. The van der Waals surface area contributed by atoms with Crippen LogP contribution >= 0.6 is 11.8 Å². The van der Waals surface area contributed by atoms with Crippen LogP contribution in [0.3, 0.4) is 0 Å². The monoisotopic (exact) mass is 279 g/mol. The summed E-state index contributed by atoms with van der Waals surface area (Å²) in [4.78, 5) is 34.9. The molecule has 0 unspecified atom stereocenters. The number of carbonyl (C=O) groups is 3. The van der Waals surface area contributed by atoms with Crippen LogP contribution in [-0.4, -0.2) is 34.2 Å². The molecule has 1 aromatic carbocycles. The van der Waals surface area contributed by atoms with Crippen molar-refractivity contribution in [1.82, 2.24) is 4.90 Å². The Hall–Kier alpha value is -1.82. The Bertz CT molecular complexity index is 496. The molecule has 1 fully saturated rings. The molecule has 19 heavy (non-hydrogen) atoms. The summed E-state index contributed by atoms with van der Waals surface area (Å²) in [6.45, 7) is 1.77. The van der Waals surface area contributed by atoms with E-state index in [1.54, 1.807) is 24.3 Å². The third kappa shape index (κ3) is 3.57. The summed E-state index contributed by atoms with van der Waals surface area (Å²) in [5, 5.41) is -0.207. The highest BCUT2D eigenvalue weighted by atomic mass is 32.2. The molecular weight excluding hydrogens is 266 g/mol. The van der Waals surface area contributed by atoms with E-state index in [-0.39, 0.29) is 35.8 Å². The number of imide groups is 1. The standard InChI is InChI=1S/C13H13NO4S/c1-9(15)7-18-11-4-2-10(3-5-11)6-14-12(16)8-19-13(14)17/h2-5H,6-8H2,1H3. The zero-order valence-corrected chi connectivity index (χ0v) is 11.2. The minimum absolute atomic E-state index is 0.0408. The highest BCUT2D eigenvalue weighted by Crippen LogP contribution is 2.22. The molecule has 6 heteroatoms. The fraction of sp³-hybridized carbons (Fsp3) is 0.308. The second-order valence-corrected chi connectivity index (χ2v) is 5.10. The molecule has 0 saturated carbocycles. The van der Waals surface area contributed by atoms with Crippen molar-refractivity contribution in [3.8, 4) is 5.75 Å². The number of nitrogens with zero attached hydrogens (tertiary/aromatic N) is 1. The topological polar surface area (TPSA) is 63.7 Å². The lowest BCUT2D eigenvalue weighted by molar-refractivity contribution is -0.125. The summed E-state index contributed by atoms with van der Waals surface area (Å²) in [7, 11) is 0. The van der Waals surface area contributed by atoms with Crippen molar-refractivity contribution < 1.29 is 19.1 Å². The van der Waals surface area contributed by atoms with Crippen LogP contribution in [-0.2, 0) is 16.1 Å². The highest BCUT2D eigenvalue weighted by molar-refractivity contribution is 8.14. The molecule has 0 atom stereocenters. The van der Waals surface area contributed by atoms with Crippen LogP contribution in [0.5, 0.6) is 5.75 Å². The van der Waals surface area contributed by atoms with Crippen LogP contribution in [0.1, 0.15) is 12.5 Å². The van der Waals surface area contributed by atoms with Gasteiger partial charge in [0.25, 0.3) is 5.24 Å². The van der Waals surface area contributed by atoms with Gasteiger partial charge in [-0.05, 0) is 24.6 Å². The van der Waals surface area contributed by atoms with E-state index < -0.39 is 0 Å². The number of thioether (sulfide) groups is 1. The van der Waals surface area contributed by atoms with Gasteiger partial charge in [0.05, 0.1) is 12.3 Å². The summed E-state index contributed by atoms with van der Waals surface area (Å²) >= 11 is 1.02. The van der Waals surface area contributed by atoms with Crippen LogP contribution in [0.25, 0.3) is 0 Å². The van der Waals surface area contributed by atoms with Crippen LogP contribution < -0.4 is 4.74 Å². The maximum absolute atomic E-state index is 11.5. The normalized spacial score (nSPS) is 14.9. The van der Waals surface area contributed by atoms with Crippen LogP contribution in [0.15, 0.2) is 24.3 Å². The van der Waals surface area contributed by atoms with E-state index in [4.69, 9.17) is 4.74 Å².